The largest absolute Gasteiger partial charge is 1.00 e. The van der Waals surface area contributed by atoms with Gasteiger partial charge < -0.3 is 27.5 Å². The molecule has 4 heteroatoms. The lowest BCUT2D eigenvalue weighted by molar-refractivity contribution is -0.869. The third-order valence-corrected chi connectivity index (χ3v) is 1.20. The Morgan fingerprint density at radius 2 is 1.70 bits per heavy atom. The van der Waals surface area contributed by atoms with E-state index in [0.717, 1.165) is 4.90 Å². The molecule has 0 atom stereocenters. The number of likely N-dealkylation sites (N-methyl/N-ethyl adjacent to an activating group) is 1. The van der Waals surface area contributed by atoms with Gasteiger partial charge in [0.2, 0.25) is 5.79 Å². The highest BCUT2D eigenvalue weighted by Crippen LogP contribution is 1.99. The van der Waals surface area contributed by atoms with Crippen LogP contribution >= 0.6 is 0 Å². The van der Waals surface area contributed by atoms with Gasteiger partial charge in [-0.3, -0.25) is 0 Å². The first-order valence-electron chi connectivity index (χ1n) is 3.21. The van der Waals surface area contributed by atoms with Gasteiger partial charge in [-0.25, -0.2) is 0 Å². The Bertz CT molecular complexity index is 85.8. The van der Waals surface area contributed by atoms with Crippen molar-refractivity contribution in [3.63, 3.8) is 0 Å². The summed E-state index contributed by atoms with van der Waals surface area (Å²) in [7, 11) is 3.77. The van der Waals surface area contributed by atoms with E-state index in [9.17, 15) is 0 Å². The van der Waals surface area contributed by atoms with Gasteiger partial charge in [-0.2, -0.15) is 0 Å². The first-order valence-corrected chi connectivity index (χ1v) is 3.21. The Morgan fingerprint density at radius 1 is 1.30 bits per heavy atom. The Balaban J connectivity index is 0. The van der Waals surface area contributed by atoms with Gasteiger partial charge in [-0.1, -0.05) is 6.92 Å². The van der Waals surface area contributed by atoms with Gasteiger partial charge >= 0.3 is 0 Å². The van der Waals surface area contributed by atoms with Crippen LogP contribution in [0.4, 0.5) is 0 Å². The van der Waals surface area contributed by atoms with E-state index in [1.165, 1.54) is 0 Å². The van der Waals surface area contributed by atoms with E-state index in [4.69, 9.17) is 10.2 Å². The summed E-state index contributed by atoms with van der Waals surface area (Å²) in [6.07, 6.45) is 0.387. The van der Waals surface area contributed by atoms with Crippen molar-refractivity contribution in [2.45, 2.75) is 19.1 Å². The van der Waals surface area contributed by atoms with Crippen LogP contribution < -0.4 is 17.3 Å². The molecule has 0 aliphatic carbocycles. The van der Waals surface area contributed by atoms with Crippen molar-refractivity contribution in [3.8, 4) is 0 Å². The number of nitrogens with one attached hydrogen (secondary N) is 1. The lowest BCUT2D eigenvalue weighted by atomic mass is 10.2. The quantitative estimate of drug-likeness (QED) is 0.372. The fourth-order valence-electron chi connectivity index (χ4n) is 0.691. The monoisotopic (exact) mass is 169 g/mol. The van der Waals surface area contributed by atoms with Crippen LogP contribution in [-0.4, -0.2) is 36.6 Å². The number of aliphatic hydroxyl groups is 2. The molecule has 0 unspecified atom stereocenters. The van der Waals surface area contributed by atoms with Crippen LogP contribution in [0.1, 0.15) is 13.3 Å². The summed E-state index contributed by atoms with van der Waals surface area (Å²) >= 11 is 0. The molecule has 0 aromatic rings. The molecule has 3 nitrogen and oxygen atoms in total. The summed E-state index contributed by atoms with van der Waals surface area (Å²) in [5.74, 6) is -1.47. The molecule has 64 valence electrons. The van der Waals surface area contributed by atoms with E-state index in [0.29, 0.717) is 13.0 Å². The molecule has 0 heterocycles. The molecule has 0 saturated carbocycles. The molecule has 0 fully saturated rings. The molecule has 0 saturated heterocycles. The highest BCUT2D eigenvalue weighted by Gasteiger charge is 2.23. The fourth-order valence-corrected chi connectivity index (χ4v) is 0.691. The SMILES string of the molecule is CCC(O)(O)C[NH+](C)C.[Cl-]. The van der Waals surface area contributed by atoms with Gasteiger partial charge in [-0.15, -0.1) is 0 Å². The summed E-state index contributed by atoms with van der Waals surface area (Å²) in [4.78, 5) is 1.04. The molecule has 0 aliphatic heterocycles. The number of quaternary nitrogens is 1. The fraction of sp³-hybridized carbons (Fsp3) is 1.00. The van der Waals surface area contributed by atoms with Crippen molar-refractivity contribution in [3.05, 3.63) is 0 Å². The van der Waals surface area contributed by atoms with E-state index in [1.54, 1.807) is 6.92 Å². The normalized spacial score (nSPS) is 11.4. The first kappa shape index (κ1) is 12.8. The summed E-state index contributed by atoms with van der Waals surface area (Å²) in [5, 5.41) is 18.1. The van der Waals surface area contributed by atoms with E-state index in [-0.39, 0.29) is 12.4 Å². The topological polar surface area (TPSA) is 44.9 Å². The Kier molecular flexibility index (Phi) is 6.29. The number of rotatable bonds is 3. The van der Waals surface area contributed by atoms with Gasteiger partial charge in [0, 0.05) is 6.42 Å². The molecule has 10 heavy (non-hydrogen) atoms. The van der Waals surface area contributed by atoms with Gasteiger partial charge in [0.1, 0.15) is 6.54 Å². The molecular weight excluding hydrogens is 154 g/mol. The molecule has 0 aromatic heterocycles. The zero-order chi connectivity index (χ0) is 7.49. The molecular formula is C6H16ClNO2. The van der Waals surface area contributed by atoms with Gasteiger partial charge in [-0.05, 0) is 0 Å². The van der Waals surface area contributed by atoms with Gasteiger partial charge in [0.15, 0.2) is 0 Å². The smallest absolute Gasteiger partial charge is 0.213 e. The molecule has 0 aliphatic rings. The number of hydrogen-bond acceptors (Lipinski definition) is 2. The molecule has 0 rings (SSSR count). The van der Waals surface area contributed by atoms with Crippen LogP contribution in [0.25, 0.3) is 0 Å². The third-order valence-electron chi connectivity index (χ3n) is 1.20. The zero-order valence-electron chi connectivity index (χ0n) is 6.69. The molecule has 0 bridgehead atoms. The molecule has 0 spiro atoms. The van der Waals surface area contributed by atoms with Crippen molar-refractivity contribution < 1.29 is 27.5 Å². The highest BCUT2D eigenvalue weighted by atomic mass is 35.5. The Hall–Kier alpha value is 0.170. The standard InChI is InChI=1S/C6H15NO2.ClH/c1-4-6(8,9)5-7(2)3;/h8-9H,4-5H2,1-3H3;1H. The maximum atomic E-state index is 9.03. The van der Waals surface area contributed by atoms with Crippen LogP contribution in [0.5, 0.6) is 0 Å². The van der Waals surface area contributed by atoms with E-state index in [1.807, 2.05) is 14.1 Å². The minimum Gasteiger partial charge on any atom is -1.00 e. The van der Waals surface area contributed by atoms with Crippen molar-refractivity contribution in [1.29, 1.82) is 0 Å². The highest BCUT2D eigenvalue weighted by molar-refractivity contribution is 4.56. The van der Waals surface area contributed by atoms with E-state index >= 15 is 0 Å². The van der Waals surface area contributed by atoms with Crippen LogP contribution in [0.3, 0.4) is 0 Å². The van der Waals surface area contributed by atoms with Crippen LogP contribution in [0.15, 0.2) is 0 Å². The van der Waals surface area contributed by atoms with Crippen molar-refractivity contribution >= 4 is 0 Å². The molecule has 0 aromatic carbocycles. The maximum Gasteiger partial charge on any atom is 0.213 e. The summed E-state index contributed by atoms with van der Waals surface area (Å²) in [6.45, 7) is 2.13. The van der Waals surface area contributed by atoms with Crippen LogP contribution in [0, 0.1) is 0 Å². The van der Waals surface area contributed by atoms with E-state index < -0.39 is 5.79 Å². The molecule has 3 N–H and O–H groups in total. The van der Waals surface area contributed by atoms with Crippen molar-refractivity contribution in [1.82, 2.24) is 0 Å². The second-order valence-electron chi connectivity index (χ2n) is 2.72. The maximum absolute atomic E-state index is 9.03. The number of halogens is 1. The van der Waals surface area contributed by atoms with Crippen LogP contribution in [-0.2, 0) is 0 Å². The lowest BCUT2D eigenvalue weighted by Crippen LogP contribution is -3.08. The molecule has 0 amide bonds. The molecule has 0 radical (unpaired) electrons. The average Bonchev–Trinajstić information content (AvgIpc) is 1.63. The van der Waals surface area contributed by atoms with E-state index in [2.05, 4.69) is 0 Å². The van der Waals surface area contributed by atoms with Crippen molar-refractivity contribution in [2.24, 2.45) is 0 Å². The van der Waals surface area contributed by atoms with Crippen molar-refractivity contribution in [2.75, 3.05) is 20.6 Å². The average molecular weight is 170 g/mol. The first-order chi connectivity index (χ1) is 3.98. The number of hydrogen-bond donors (Lipinski definition) is 3. The van der Waals surface area contributed by atoms with Crippen LogP contribution in [0.2, 0.25) is 0 Å². The second-order valence-corrected chi connectivity index (χ2v) is 2.72. The van der Waals surface area contributed by atoms with Gasteiger partial charge in [0.25, 0.3) is 0 Å². The summed E-state index contributed by atoms with van der Waals surface area (Å²) < 4.78 is 0. The third kappa shape index (κ3) is 6.29. The predicted octanol–water partition coefficient (Wildman–Crippen LogP) is -4.77. The predicted molar refractivity (Wildman–Crippen MR) is 35.1 cm³/mol. The second kappa shape index (κ2) is 4.91. The Morgan fingerprint density at radius 3 is 1.80 bits per heavy atom. The minimum atomic E-state index is -1.47. The zero-order valence-corrected chi connectivity index (χ0v) is 7.44. The Labute approximate surface area is 68.1 Å². The minimum absolute atomic E-state index is 0. The lowest BCUT2D eigenvalue weighted by Gasteiger charge is -2.20. The van der Waals surface area contributed by atoms with Gasteiger partial charge in [0.05, 0.1) is 14.1 Å². The summed E-state index contributed by atoms with van der Waals surface area (Å²) in [5.41, 5.74) is 0. The summed E-state index contributed by atoms with van der Waals surface area (Å²) in [6, 6.07) is 0.